The van der Waals surface area contributed by atoms with Crippen molar-refractivity contribution in [3.8, 4) is 5.75 Å². The number of ether oxygens (including phenoxy) is 1. The normalized spacial score (nSPS) is 21.3. The molecule has 0 radical (unpaired) electrons. The van der Waals surface area contributed by atoms with E-state index in [4.69, 9.17) is 9.84 Å². The molecule has 1 amide bonds. The minimum atomic E-state index is -6.42. The lowest BCUT2D eigenvalue weighted by molar-refractivity contribution is -0.348. The fourth-order valence-electron chi connectivity index (χ4n) is 6.05. The number of halogens is 8. The summed E-state index contributed by atoms with van der Waals surface area (Å²) in [6.07, 6.45) is -13.8. The summed E-state index contributed by atoms with van der Waals surface area (Å²) in [7, 11) is -4.58. The minimum Gasteiger partial charge on any atom is -0.491 e. The lowest BCUT2D eigenvalue weighted by atomic mass is 9.84. The molecule has 1 fully saturated rings. The quantitative estimate of drug-likeness (QED) is 0.321. The third kappa shape index (κ3) is 5.38. The number of amides is 1. The van der Waals surface area contributed by atoms with Gasteiger partial charge in [-0.2, -0.15) is 26.3 Å². The van der Waals surface area contributed by atoms with E-state index in [-0.39, 0.29) is 61.2 Å². The summed E-state index contributed by atoms with van der Waals surface area (Å²) in [4.78, 5) is 25.5. The SMILES string of the molecule is O=C(O)CCC[C@@H](CCF)C(=O)N1CCC2(S(=O)(=O)c3ccccc3)c3ccc(C(F)(C(F)(F)F)C(F)(F)F)cc3OCC12. The summed E-state index contributed by atoms with van der Waals surface area (Å²) in [6, 6.07) is 6.42. The predicted octanol–water partition coefficient (Wildman–Crippen LogP) is 5.87. The number of hydrogen-bond donors (Lipinski definition) is 1. The van der Waals surface area contributed by atoms with Crippen molar-refractivity contribution in [1.29, 1.82) is 0 Å². The molecular weight excluding hydrogens is 630 g/mol. The van der Waals surface area contributed by atoms with Gasteiger partial charge in [-0.25, -0.2) is 12.8 Å². The number of likely N-dealkylation sites (tertiary alicyclic amines) is 1. The van der Waals surface area contributed by atoms with E-state index in [2.05, 4.69) is 0 Å². The Morgan fingerprint density at radius 3 is 2.20 bits per heavy atom. The molecule has 2 aliphatic heterocycles. The molecule has 44 heavy (non-hydrogen) atoms. The van der Waals surface area contributed by atoms with Crippen LogP contribution in [0.1, 0.15) is 43.2 Å². The molecule has 0 saturated carbocycles. The summed E-state index contributed by atoms with van der Waals surface area (Å²) >= 11 is 0. The first-order chi connectivity index (χ1) is 20.4. The fourth-order valence-corrected chi connectivity index (χ4v) is 8.36. The van der Waals surface area contributed by atoms with Crippen molar-refractivity contribution in [1.82, 2.24) is 4.90 Å². The molecule has 2 unspecified atom stereocenters. The maximum Gasteiger partial charge on any atom is 0.435 e. The van der Waals surface area contributed by atoms with Crippen molar-refractivity contribution >= 4 is 21.7 Å². The van der Waals surface area contributed by atoms with Crippen molar-refractivity contribution in [2.75, 3.05) is 19.8 Å². The minimum absolute atomic E-state index is 0.0171. The molecule has 7 nitrogen and oxygen atoms in total. The third-order valence-electron chi connectivity index (χ3n) is 8.22. The summed E-state index contributed by atoms with van der Waals surface area (Å²) in [5.41, 5.74) is -8.03. The number of carbonyl (C=O) groups excluding carboxylic acids is 1. The van der Waals surface area contributed by atoms with Crippen LogP contribution in [0.3, 0.4) is 0 Å². The van der Waals surface area contributed by atoms with Crippen LogP contribution in [0.25, 0.3) is 0 Å². The summed E-state index contributed by atoms with van der Waals surface area (Å²) in [5, 5.41) is 8.94. The standard InChI is InChI=1S/C28H27F8NO6S/c29-13-11-17(5-4-8-23(38)39)24(40)37-14-12-25(44(41,42)19-6-2-1-3-7-19)20-10-9-18(15-21(20)43-16-22(25)37)26(30,27(31,32)33)28(34,35)36/h1-3,6-7,9-10,15,17,22H,4-5,8,11-14,16H2,(H,38,39)/t17-,22?,25?/m0/s1. The van der Waals surface area contributed by atoms with E-state index in [1.54, 1.807) is 0 Å². The molecule has 2 aromatic rings. The number of nitrogens with zero attached hydrogens (tertiary/aromatic N) is 1. The van der Waals surface area contributed by atoms with Gasteiger partial charge in [0, 0.05) is 30.0 Å². The molecule has 16 heteroatoms. The van der Waals surface area contributed by atoms with Crippen LogP contribution in [-0.2, 0) is 29.8 Å². The molecule has 3 atom stereocenters. The van der Waals surface area contributed by atoms with Crippen LogP contribution in [0.2, 0.25) is 0 Å². The highest BCUT2D eigenvalue weighted by Crippen LogP contribution is 2.57. The van der Waals surface area contributed by atoms with Gasteiger partial charge in [0.2, 0.25) is 5.91 Å². The zero-order valence-electron chi connectivity index (χ0n) is 22.8. The number of carboxylic acids is 1. The number of hydrogen-bond acceptors (Lipinski definition) is 5. The highest BCUT2D eigenvalue weighted by Gasteiger charge is 2.74. The number of rotatable bonds is 10. The first-order valence-corrected chi connectivity index (χ1v) is 14.9. The van der Waals surface area contributed by atoms with Gasteiger partial charge in [-0.05, 0) is 43.9 Å². The van der Waals surface area contributed by atoms with Gasteiger partial charge in [0.1, 0.15) is 17.1 Å². The lowest BCUT2D eigenvalue weighted by Crippen LogP contribution is -2.56. The third-order valence-corrected chi connectivity index (χ3v) is 10.8. The predicted molar refractivity (Wildman–Crippen MR) is 138 cm³/mol. The molecule has 0 bridgehead atoms. The molecule has 0 aliphatic carbocycles. The molecular formula is C28H27F8NO6S. The topological polar surface area (TPSA) is 101 Å². The van der Waals surface area contributed by atoms with E-state index in [9.17, 15) is 53.1 Å². The fraction of sp³-hybridized carbons (Fsp3) is 0.500. The Labute approximate surface area is 246 Å². The number of benzene rings is 2. The molecule has 2 aromatic carbocycles. The van der Waals surface area contributed by atoms with Crippen molar-refractivity contribution < 1.29 is 63.0 Å². The molecule has 0 spiro atoms. The Kier molecular flexibility index (Phi) is 8.99. The Morgan fingerprint density at radius 2 is 1.64 bits per heavy atom. The smallest absolute Gasteiger partial charge is 0.435 e. The average molecular weight is 658 g/mol. The van der Waals surface area contributed by atoms with Crippen molar-refractivity contribution in [3.63, 3.8) is 0 Å². The monoisotopic (exact) mass is 657 g/mol. The number of alkyl halides is 8. The number of carboxylic acid groups (broad SMARTS) is 1. The van der Waals surface area contributed by atoms with Crippen LogP contribution in [0.15, 0.2) is 53.4 Å². The Bertz CT molecular complexity index is 1480. The highest BCUT2D eigenvalue weighted by atomic mass is 32.2. The first kappa shape index (κ1) is 33.5. The maximum absolute atomic E-state index is 14.9. The van der Waals surface area contributed by atoms with Gasteiger partial charge in [0.15, 0.2) is 9.84 Å². The van der Waals surface area contributed by atoms with Gasteiger partial charge in [0.05, 0.1) is 17.6 Å². The van der Waals surface area contributed by atoms with Gasteiger partial charge in [-0.1, -0.05) is 30.3 Å². The van der Waals surface area contributed by atoms with E-state index in [0.717, 1.165) is 4.90 Å². The summed E-state index contributed by atoms with van der Waals surface area (Å²) in [6.45, 7) is -1.91. The molecule has 1 N–H and O–H groups in total. The number of carbonyl (C=O) groups is 2. The molecule has 2 aliphatic rings. The number of sulfone groups is 1. The number of fused-ring (bicyclic) bond motifs is 3. The summed E-state index contributed by atoms with van der Waals surface area (Å²) < 4.78 is 141. The average Bonchev–Trinajstić information content (AvgIpc) is 3.36. The summed E-state index contributed by atoms with van der Waals surface area (Å²) in [5.74, 6) is -3.62. The van der Waals surface area contributed by atoms with Crippen LogP contribution in [0, 0.1) is 5.92 Å². The highest BCUT2D eigenvalue weighted by molar-refractivity contribution is 7.92. The second-order valence-electron chi connectivity index (χ2n) is 10.6. The van der Waals surface area contributed by atoms with Gasteiger partial charge < -0.3 is 14.7 Å². The van der Waals surface area contributed by atoms with Crippen LogP contribution < -0.4 is 4.74 Å². The van der Waals surface area contributed by atoms with Gasteiger partial charge in [0.25, 0.3) is 0 Å². The molecule has 242 valence electrons. The van der Waals surface area contributed by atoms with Gasteiger partial charge in [-0.15, -0.1) is 0 Å². The van der Waals surface area contributed by atoms with E-state index in [1.165, 1.54) is 30.3 Å². The van der Waals surface area contributed by atoms with Crippen molar-refractivity contribution in [3.05, 3.63) is 59.7 Å². The van der Waals surface area contributed by atoms with Crippen molar-refractivity contribution in [2.45, 2.75) is 65.8 Å². The zero-order chi connectivity index (χ0) is 32.7. The largest absolute Gasteiger partial charge is 0.491 e. The van der Waals surface area contributed by atoms with Crippen LogP contribution >= 0.6 is 0 Å². The first-order valence-electron chi connectivity index (χ1n) is 13.4. The zero-order valence-corrected chi connectivity index (χ0v) is 23.6. The van der Waals surface area contributed by atoms with Crippen molar-refractivity contribution in [2.24, 2.45) is 5.92 Å². The van der Waals surface area contributed by atoms with E-state index >= 15 is 0 Å². The maximum atomic E-state index is 14.9. The van der Waals surface area contributed by atoms with E-state index < -0.39 is 81.0 Å². The number of aliphatic carboxylic acids is 1. The Balaban J connectivity index is 1.86. The molecule has 2 heterocycles. The van der Waals surface area contributed by atoms with Crippen LogP contribution in [0.5, 0.6) is 5.75 Å². The van der Waals surface area contributed by atoms with Gasteiger partial charge >= 0.3 is 24.0 Å². The molecule has 1 saturated heterocycles. The molecule has 0 aromatic heterocycles. The lowest BCUT2D eigenvalue weighted by Gasteiger charge is -2.43. The van der Waals surface area contributed by atoms with Gasteiger partial charge in [-0.3, -0.25) is 14.0 Å². The van der Waals surface area contributed by atoms with Crippen LogP contribution in [0.4, 0.5) is 35.1 Å². The van der Waals surface area contributed by atoms with E-state index in [1.807, 2.05) is 0 Å². The molecule has 4 rings (SSSR count). The second-order valence-corrected chi connectivity index (χ2v) is 12.8. The van der Waals surface area contributed by atoms with Crippen LogP contribution in [-0.4, -0.2) is 68.5 Å². The Morgan fingerprint density at radius 1 is 1.00 bits per heavy atom. The Hall–Kier alpha value is -3.43. The second kappa shape index (κ2) is 11.8. The van der Waals surface area contributed by atoms with E-state index in [0.29, 0.717) is 6.07 Å².